The van der Waals surface area contributed by atoms with Gasteiger partial charge in [0.2, 0.25) is 0 Å². The minimum absolute atomic E-state index is 0.0676. The zero-order chi connectivity index (χ0) is 17.5. The lowest BCUT2D eigenvalue weighted by Crippen LogP contribution is -2.27. The van der Waals surface area contributed by atoms with Crippen molar-refractivity contribution in [3.8, 4) is 0 Å². The first-order chi connectivity index (χ1) is 11.4. The Kier molecular flexibility index (Phi) is 4.66. The molecule has 3 rings (SSSR count). The van der Waals surface area contributed by atoms with E-state index in [1.54, 1.807) is 18.2 Å². The van der Waals surface area contributed by atoms with Crippen molar-refractivity contribution in [1.29, 1.82) is 0 Å². The van der Waals surface area contributed by atoms with Gasteiger partial charge in [-0.05, 0) is 42.0 Å². The standard InChI is InChI=1S/C17H17Cl2NO3S/c18-12-4-6-14(7-5-12)24(22,23)16-15(17(16,9-20)10-21)11-2-1-3-13(19)8-11/h1-8,15-16,21H,9-10,20H2/t15-,16-,17-/m0/s1. The summed E-state index contributed by atoms with van der Waals surface area (Å²) in [5.74, 6) is -0.396. The Morgan fingerprint density at radius 2 is 1.75 bits per heavy atom. The van der Waals surface area contributed by atoms with Crippen LogP contribution >= 0.6 is 23.2 Å². The molecule has 3 atom stereocenters. The largest absolute Gasteiger partial charge is 0.396 e. The molecule has 0 heterocycles. The Morgan fingerprint density at radius 3 is 2.29 bits per heavy atom. The zero-order valence-electron chi connectivity index (χ0n) is 12.7. The first kappa shape index (κ1) is 17.7. The van der Waals surface area contributed by atoms with Gasteiger partial charge in [0.15, 0.2) is 9.84 Å². The quantitative estimate of drug-likeness (QED) is 0.828. The first-order valence-electron chi connectivity index (χ1n) is 7.42. The van der Waals surface area contributed by atoms with E-state index in [0.29, 0.717) is 10.0 Å². The minimum atomic E-state index is -3.67. The Balaban J connectivity index is 2.06. The maximum absolute atomic E-state index is 13.1. The maximum atomic E-state index is 13.1. The molecule has 0 bridgehead atoms. The van der Waals surface area contributed by atoms with E-state index in [4.69, 9.17) is 28.9 Å². The average molecular weight is 386 g/mol. The summed E-state index contributed by atoms with van der Waals surface area (Å²) in [7, 11) is -3.67. The van der Waals surface area contributed by atoms with Gasteiger partial charge >= 0.3 is 0 Å². The van der Waals surface area contributed by atoms with Crippen LogP contribution in [-0.2, 0) is 9.84 Å². The SMILES string of the molecule is NC[C@]1(CO)[C@@H](c2cccc(Cl)c2)[C@@H]1S(=O)(=O)c1ccc(Cl)cc1. The molecule has 0 aliphatic heterocycles. The van der Waals surface area contributed by atoms with Gasteiger partial charge in [0.25, 0.3) is 0 Å². The second-order valence-electron chi connectivity index (χ2n) is 6.05. The Morgan fingerprint density at radius 1 is 1.08 bits per heavy atom. The van der Waals surface area contributed by atoms with Crippen molar-refractivity contribution >= 4 is 33.0 Å². The summed E-state index contributed by atoms with van der Waals surface area (Å²) < 4.78 is 26.1. The topological polar surface area (TPSA) is 80.4 Å². The van der Waals surface area contributed by atoms with Gasteiger partial charge in [-0.1, -0.05) is 35.3 Å². The molecule has 1 aliphatic rings. The Bertz CT molecular complexity index is 848. The number of sulfone groups is 1. The van der Waals surface area contributed by atoms with Gasteiger partial charge in [-0.15, -0.1) is 0 Å². The van der Waals surface area contributed by atoms with E-state index in [1.165, 1.54) is 24.3 Å². The molecule has 4 nitrogen and oxygen atoms in total. The normalized spacial score (nSPS) is 26.3. The van der Waals surface area contributed by atoms with Crippen molar-refractivity contribution in [3.05, 3.63) is 64.1 Å². The highest BCUT2D eigenvalue weighted by Crippen LogP contribution is 2.63. The number of benzene rings is 2. The molecule has 2 aromatic rings. The van der Waals surface area contributed by atoms with Crippen LogP contribution in [0.2, 0.25) is 10.0 Å². The molecular formula is C17H17Cl2NO3S. The van der Waals surface area contributed by atoms with E-state index in [-0.39, 0.29) is 18.0 Å². The van der Waals surface area contributed by atoms with Crippen molar-refractivity contribution in [2.24, 2.45) is 11.1 Å². The molecule has 7 heteroatoms. The third-order valence-corrected chi connectivity index (χ3v) is 7.56. The van der Waals surface area contributed by atoms with Gasteiger partial charge in [0.1, 0.15) is 0 Å². The van der Waals surface area contributed by atoms with E-state index >= 15 is 0 Å². The van der Waals surface area contributed by atoms with Crippen molar-refractivity contribution < 1.29 is 13.5 Å². The van der Waals surface area contributed by atoms with Crippen LogP contribution in [0.1, 0.15) is 11.5 Å². The molecule has 0 saturated heterocycles. The van der Waals surface area contributed by atoms with Crippen LogP contribution in [0.3, 0.4) is 0 Å². The Hall–Kier alpha value is -1.11. The molecular weight excluding hydrogens is 369 g/mol. The summed E-state index contributed by atoms with van der Waals surface area (Å²) in [5, 5.41) is 10.1. The fraction of sp³-hybridized carbons (Fsp3) is 0.294. The number of aliphatic hydroxyl groups is 1. The molecule has 128 valence electrons. The van der Waals surface area contributed by atoms with Crippen LogP contribution in [0, 0.1) is 5.41 Å². The van der Waals surface area contributed by atoms with Crippen molar-refractivity contribution in [3.63, 3.8) is 0 Å². The number of aliphatic hydroxyl groups excluding tert-OH is 1. The number of nitrogens with two attached hydrogens (primary N) is 1. The van der Waals surface area contributed by atoms with Gasteiger partial charge in [-0.2, -0.15) is 0 Å². The molecule has 1 aliphatic carbocycles. The number of rotatable bonds is 5. The van der Waals surface area contributed by atoms with Gasteiger partial charge < -0.3 is 10.8 Å². The molecule has 1 saturated carbocycles. The van der Waals surface area contributed by atoms with Crippen LogP contribution in [0.5, 0.6) is 0 Å². The van der Waals surface area contributed by atoms with Gasteiger partial charge in [-0.3, -0.25) is 0 Å². The van der Waals surface area contributed by atoms with Crippen molar-refractivity contribution in [2.45, 2.75) is 16.1 Å². The fourth-order valence-electron chi connectivity index (χ4n) is 3.42. The molecule has 0 spiro atoms. The van der Waals surface area contributed by atoms with Crippen molar-refractivity contribution in [2.75, 3.05) is 13.2 Å². The number of hydrogen-bond donors (Lipinski definition) is 2. The highest BCUT2D eigenvalue weighted by Gasteiger charge is 2.70. The van der Waals surface area contributed by atoms with E-state index in [1.807, 2.05) is 6.07 Å². The third-order valence-electron chi connectivity index (χ3n) is 4.74. The summed E-state index contributed by atoms with van der Waals surface area (Å²) in [5.41, 5.74) is 5.72. The summed E-state index contributed by atoms with van der Waals surface area (Å²) in [4.78, 5) is 0.174. The number of halogens is 2. The van der Waals surface area contributed by atoms with Crippen molar-refractivity contribution in [1.82, 2.24) is 0 Å². The highest BCUT2D eigenvalue weighted by molar-refractivity contribution is 7.92. The van der Waals surface area contributed by atoms with Crippen LogP contribution in [0.25, 0.3) is 0 Å². The molecule has 1 fully saturated rings. The summed E-state index contributed by atoms with van der Waals surface area (Å²) in [6.45, 7) is -0.240. The third kappa shape index (κ3) is 2.74. The second kappa shape index (κ2) is 6.32. The van der Waals surface area contributed by atoms with Crippen LogP contribution < -0.4 is 5.73 Å². The molecule has 0 radical (unpaired) electrons. The van der Waals surface area contributed by atoms with E-state index in [9.17, 15) is 13.5 Å². The molecule has 3 N–H and O–H groups in total. The summed E-state index contributed by atoms with van der Waals surface area (Å²) >= 11 is 11.9. The molecule has 0 amide bonds. The first-order valence-corrected chi connectivity index (χ1v) is 9.73. The molecule has 24 heavy (non-hydrogen) atoms. The predicted molar refractivity (Wildman–Crippen MR) is 95.2 cm³/mol. The second-order valence-corrected chi connectivity index (χ2v) is 8.99. The van der Waals surface area contributed by atoms with E-state index in [0.717, 1.165) is 5.56 Å². The predicted octanol–water partition coefficient (Wildman–Crippen LogP) is 2.87. The molecule has 2 aromatic carbocycles. The lowest BCUT2D eigenvalue weighted by atomic mass is 10.0. The van der Waals surface area contributed by atoms with Gasteiger partial charge in [0.05, 0.1) is 16.8 Å². The highest BCUT2D eigenvalue weighted by atomic mass is 35.5. The lowest BCUT2D eigenvalue weighted by Gasteiger charge is -2.12. The van der Waals surface area contributed by atoms with Gasteiger partial charge in [-0.25, -0.2) is 8.42 Å². The van der Waals surface area contributed by atoms with E-state index in [2.05, 4.69) is 0 Å². The Labute approximate surface area is 151 Å². The number of hydrogen-bond acceptors (Lipinski definition) is 4. The van der Waals surface area contributed by atoms with Gasteiger partial charge in [0, 0.05) is 27.9 Å². The average Bonchev–Trinajstić information content (AvgIpc) is 3.26. The molecule has 0 unspecified atom stereocenters. The molecule has 0 aromatic heterocycles. The fourth-order valence-corrected chi connectivity index (χ4v) is 6.19. The summed E-state index contributed by atoms with van der Waals surface area (Å²) in [6.07, 6.45) is 0. The van der Waals surface area contributed by atoms with Crippen LogP contribution in [-0.4, -0.2) is 31.9 Å². The lowest BCUT2D eigenvalue weighted by molar-refractivity contribution is 0.212. The van der Waals surface area contributed by atoms with Crippen LogP contribution in [0.15, 0.2) is 53.4 Å². The van der Waals surface area contributed by atoms with E-state index < -0.39 is 26.4 Å². The summed E-state index contributed by atoms with van der Waals surface area (Å²) in [6, 6.07) is 13.0. The monoisotopic (exact) mass is 385 g/mol. The van der Waals surface area contributed by atoms with Crippen LogP contribution in [0.4, 0.5) is 0 Å². The maximum Gasteiger partial charge on any atom is 0.182 e. The zero-order valence-corrected chi connectivity index (χ0v) is 15.0. The minimum Gasteiger partial charge on any atom is -0.396 e. The smallest absolute Gasteiger partial charge is 0.182 e.